The highest BCUT2D eigenvalue weighted by Crippen LogP contribution is 2.41. The molecule has 7 nitrogen and oxygen atoms in total. The fraction of sp³-hybridized carbons (Fsp3) is 0.375. The summed E-state index contributed by atoms with van der Waals surface area (Å²) in [6.45, 7) is 0. The Bertz CT molecular complexity index is 719. The van der Waals surface area contributed by atoms with E-state index in [1.165, 1.54) is 20.3 Å². The van der Waals surface area contributed by atoms with Crippen molar-refractivity contribution >= 4 is 29.2 Å². The van der Waals surface area contributed by atoms with Crippen molar-refractivity contribution in [3.8, 4) is 11.5 Å². The number of rotatable bonds is 5. The van der Waals surface area contributed by atoms with Gasteiger partial charge in [0.1, 0.15) is 17.4 Å². The van der Waals surface area contributed by atoms with Gasteiger partial charge in [-0.3, -0.25) is 9.59 Å². The van der Waals surface area contributed by atoms with E-state index in [-0.39, 0.29) is 0 Å². The first-order chi connectivity index (χ1) is 11.5. The van der Waals surface area contributed by atoms with Crippen LogP contribution in [0.25, 0.3) is 0 Å². The summed E-state index contributed by atoms with van der Waals surface area (Å²) in [7, 11) is 2.91. The molecule has 1 aromatic rings. The van der Waals surface area contributed by atoms with E-state index in [0.717, 1.165) is 0 Å². The van der Waals surface area contributed by atoms with Crippen LogP contribution < -0.4 is 14.8 Å². The van der Waals surface area contributed by atoms with Crippen molar-refractivity contribution in [1.82, 2.24) is 0 Å². The number of amides is 1. The van der Waals surface area contributed by atoms with E-state index in [1.807, 2.05) is 0 Å². The minimum Gasteiger partial charge on any atom is -0.495 e. The number of carbonyl (C=O) groups is 2. The van der Waals surface area contributed by atoms with Gasteiger partial charge in [-0.15, -0.1) is 0 Å². The average Bonchev–Trinajstić information content (AvgIpc) is 3.16. The quantitative estimate of drug-likeness (QED) is 0.786. The van der Waals surface area contributed by atoms with E-state index in [4.69, 9.17) is 25.8 Å². The molecule has 2 aliphatic rings. The van der Waals surface area contributed by atoms with Crippen LogP contribution in [-0.2, 0) is 14.3 Å². The standard InChI is InChI=1S/C16H16ClNO6/c1-22-11-6-12(23-2)8(5-7(11)17)18-15(19)13-9-3-4-10(24-9)14(13)16(20)21/h3-6,9-10,13-14H,1-2H3,(H,18,19)(H,20,21)/t9-,10+,13+,14-/m0/s1. The van der Waals surface area contributed by atoms with Crippen molar-refractivity contribution in [2.75, 3.05) is 19.5 Å². The normalized spacial score (nSPS) is 27.1. The number of benzene rings is 1. The molecule has 1 amide bonds. The fourth-order valence-electron chi connectivity index (χ4n) is 3.09. The molecule has 0 radical (unpaired) electrons. The molecule has 128 valence electrons. The molecule has 24 heavy (non-hydrogen) atoms. The molecular formula is C16H16ClNO6. The second-order valence-corrected chi connectivity index (χ2v) is 5.92. The zero-order chi connectivity index (χ0) is 17.4. The van der Waals surface area contributed by atoms with Crippen LogP contribution in [0.3, 0.4) is 0 Å². The number of carboxylic acid groups (broad SMARTS) is 1. The monoisotopic (exact) mass is 353 g/mol. The van der Waals surface area contributed by atoms with Crippen LogP contribution in [0.5, 0.6) is 11.5 Å². The summed E-state index contributed by atoms with van der Waals surface area (Å²) in [4.78, 5) is 24.1. The van der Waals surface area contributed by atoms with E-state index in [9.17, 15) is 14.7 Å². The molecule has 2 heterocycles. The van der Waals surface area contributed by atoms with Gasteiger partial charge in [0.15, 0.2) is 0 Å². The van der Waals surface area contributed by atoms with Gasteiger partial charge in [0.05, 0.1) is 43.1 Å². The van der Waals surface area contributed by atoms with Gasteiger partial charge in [-0.25, -0.2) is 0 Å². The van der Waals surface area contributed by atoms with E-state index >= 15 is 0 Å². The zero-order valence-corrected chi connectivity index (χ0v) is 13.7. The molecule has 2 aliphatic heterocycles. The van der Waals surface area contributed by atoms with Crippen molar-refractivity contribution in [3.05, 3.63) is 29.3 Å². The predicted molar refractivity (Wildman–Crippen MR) is 85.6 cm³/mol. The van der Waals surface area contributed by atoms with Gasteiger partial charge in [-0.2, -0.15) is 0 Å². The second kappa shape index (κ2) is 6.33. The maximum absolute atomic E-state index is 12.6. The van der Waals surface area contributed by atoms with E-state index in [2.05, 4.69) is 5.32 Å². The molecule has 1 fully saturated rings. The molecule has 0 aliphatic carbocycles. The Morgan fingerprint density at radius 1 is 1.12 bits per heavy atom. The lowest BCUT2D eigenvalue weighted by Crippen LogP contribution is -2.39. The molecule has 0 spiro atoms. The Morgan fingerprint density at radius 3 is 2.33 bits per heavy atom. The van der Waals surface area contributed by atoms with Gasteiger partial charge in [-0.05, 0) is 6.07 Å². The molecule has 0 aromatic heterocycles. The number of nitrogens with one attached hydrogen (secondary N) is 1. The Morgan fingerprint density at radius 2 is 1.75 bits per heavy atom. The molecule has 1 saturated heterocycles. The van der Waals surface area contributed by atoms with E-state index in [1.54, 1.807) is 18.2 Å². The summed E-state index contributed by atoms with van der Waals surface area (Å²) in [5, 5.41) is 12.4. The maximum atomic E-state index is 12.6. The first-order valence-electron chi connectivity index (χ1n) is 7.25. The molecule has 2 N–H and O–H groups in total. The summed E-state index contributed by atoms with van der Waals surface area (Å²) in [5.74, 6) is -2.49. The van der Waals surface area contributed by atoms with Crippen LogP contribution in [0.2, 0.25) is 5.02 Å². The van der Waals surface area contributed by atoms with Crippen molar-refractivity contribution < 1.29 is 28.9 Å². The van der Waals surface area contributed by atoms with Crippen molar-refractivity contribution in [1.29, 1.82) is 0 Å². The van der Waals surface area contributed by atoms with Crippen LogP contribution in [0, 0.1) is 11.8 Å². The van der Waals surface area contributed by atoms with E-state index < -0.39 is 35.9 Å². The summed E-state index contributed by atoms with van der Waals surface area (Å²) >= 11 is 6.08. The first-order valence-corrected chi connectivity index (χ1v) is 7.63. The third kappa shape index (κ3) is 2.70. The van der Waals surface area contributed by atoms with Crippen LogP contribution in [-0.4, -0.2) is 43.4 Å². The molecule has 4 atom stereocenters. The van der Waals surface area contributed by atoms with Crippen molar-refractivity contribution in [3.63, 3.8) is 0 Å². The largest absolute Gasteiger partial charge is 0.495 e. The molecule has 0 unspecified atom stereocenters. The highest BCUT2D eigenvalue weighted by Gasteiger charge is 2.53. The summed E-state index contributed by atoms with van der Waals surface area (Å²) < 4.78 is 15.8. The van der Waals surface area contributed by atoms with Gasteiger partial charge >= 0.3 is 5.97 Å². The maximum Gasteiger partial charge on any atom is 0.310 e. The van der Waals surface area contributed by atoms with Crippen molar-refractivity contribution in [2.45, 2.75) is 12.2 Å². The smallest absolute Gasteiger partial charge is 0.310 e. The van der Waals surface area contributed by atoms with Crippen LogP contribution in [0.1, 0.15) is 0 Å². The Hall–Kier alpha value is -2.25. The highest BCUT2D eigenvalue weighted by molar-refractivity contribution is 6.32. The number of anilines is 1. The number of hydrogen-bond donors (Lipinski definition) is 2. The summed E-state index contributed by atoms with van der Waals surface area (Å²) in [6, 6.07) is 3.04. The number of aliphatic carboxylic acids is 1. The number of fused-ring (bicyclic) bond motifs is 2. The number of ether oxygens (including phenoxy) is 3. The highest BCUT2D eigenvalue weighted by atomic mass is 35.5. The van der Waals surface area contributed by atoms with Crippen LogP contribution >= 0.6 is 11.6 Å². The SMILES string of the molecule is COc1cc(OC)c(NC(=O)[C@H]2[C@@H](C(=O)O)[C@H]3C=C[C@@H]2O3)cc1Cl. The van der Waals surface area contributed by atoms with Gasteiger partial charge < -0.3 is 24.6 Å². The lowest BCUT2D eigenvalue weighted by atomic mass is 9.82. The van der Waals surface area contributed by atoms with E-state index in [0.29, 0.717) is 22.2 Å². The lowest BCUT2D eigenvalue weighted by molar-refractivity contribution is -0.145. The van der Waals surface area contributed by atoms with Gasteiger partial charge in [0, 0.05) is 6.07 Å². The zero-order valence-electron chi connectivity index (χ0n) is 13.0. The summed E-state index contributed by atoms with van der Waals surface area (Å²) in [6.07, 6.45) is 2.27. The number of halogens is 1. The number of carboxylic acids is 1. The molecular weight excluding hydrogens is 338 g/mol. The van der Waals surface area contributed by atoms with Crippen LogP contribution in [0.4, 0.5) is 5.69 Å². The average molecular weight is 354 g/mol. The lowest BCUT2D eigenvalue weighted by Gasteiger charge is -2.22. The number of methoxy groups -OCH3 is 2. The number of hydrogen-bond acceptors (Lipinski definition) is 5. The molecule has 1 aromatic carbocycles. The second-order valence-electron chi connectivity index (χ2n) is 5.52. The molecule has 2 bridgehead atoms. The Balaban J connectivity index is 1.86. The predicted octanol–water partition coefficient (Wildman–Crippen LogP) is 1.95. The molecule has 0 saturated carbocycles. The van der Waals surface area contributed by atoms with Gasteiger partial charge in [0.2, 0.25) is 5.91 Å². The summed E-state index contributed by atoms with van der Waals surface area (Å²) in [5.41, 5.74) is 0.337. The fourth-order valence-corrected chi connectivity index (χ4v) is 3.33. The Labute approximate surface area is 143 Å². The van der Waals surface area contributed by atoms with Gasteiger partial charge in [0.25, 0.3) is 0 Å². The third-order valence-corrected chi connectivity index (χ3v) is 4.51. The minimum absolute atomic E-state index is 0.299. The Kier molecular flexibility index (Phi) is 4.38. The van der Waals surface area contributed by atoms with Crippen molar-refractivity contribution in [2.24, 2.45) is 11.8 Å². The number of carbonyl (C=O) groups excluding carboxylic acids is 1. The third-order valence-electron chi connectivity index (χ3n) is 4.22. The minimum atomic E-state index is -1.06. The molecule has 8 heteroatoms. The molecule has 3 rings (SSSR count). The first kappa shape index (κ1) is 16.6. The van der Waals surface area contributed by atoms with Crippen LogP contribution in [0.15, 0.2) is 24.3 Å². The topological polar surface area (TPSA) is 94.1 Å². The van der Waals surface area contributed by atoms with Gasteiger partial charge in [-0.1, -0.05) is 23.8 Å².